The second-order valence-electron chi connectivity index (χ2n) is 6.77. The molecule has 130 valence electrons. The van der Waals surface area contributed by atoms with Crippen molar-refractivity contribution in [2.24, 2.45) is 0 Å². The Morgan fingerprint density at radius 1 is 1.04 bits per heavy atom. The van der Waals surface area contributed by atoms with Crippen LogP contribution < -0.4 is 0 Å². The van der Waals surface area contributed by atoms with E-state index >= 15 is 0 Å². The van der Waals surface area contributed by atoms with Gasteiger partial charge in [-0.15, -0.1) is 0 Å². The Balaban J connectivity index is 1.62. The summed E-state index contributed by atoms with van der Waals surface area (Å²) in [6.45, 7) is 5.89. The van der Waals surface area contributed by atoms with Gasteiger partial charge in [0.15, 0.2) is 5.78 Å². The van der Waals surface area contributed by atoms with Gasteiger partial charge in [-0.05, 0) is 62.8 Å². The number of hydrogen-bond donors (Lipinski definition) is 1. The third kappa shape index (κ3) is 3.51. The quantitative estimate of drug-likeness (QED) is 0.445. The first-order valence-corrected chi connectivity index (χ1v) is 8.84. The first kappa shape index (κ1) is 17.4. The van der Waals surface area contributed by atoms with Crippen molar-refractivity contribution < 1.29 is 9.18 Å². The topological polar surface area (TPSA) is 32.9 Å². The number of ketones is 1. The Morgan fingerprint density at radius 2 is 1.80 bits per heavy atom. The van der Waals surface area contributed by atoms with Gasteiger partial charge in [0, 0.05) is 28.6 Å². The van der Waals surface area contributed by atoms with Gasteiger partial charge in [0.1, 0.15) is 5.82 Å². The number of H-pyrrole nitrogens is 1. The number of fused-ring (bicyclic) bond motifs is 1. The van der Waals surface area contributed by atoms with Gasteiger partial charge >= 0.3 is 0 Å². The van der Waals surface area contributed by atoms with Crippen LogP contribution in [0.5, 0.6) is 0 Å². The zero-order valence-electron chi connectivity index (χ0n) is 15.1. The maximum Gasteiger partial charge on any atom is 0.163 e. The van der Waals surface area contributed by atoms with E-state index in [1.165, 1.54) is 33.8 Å². The number of carbonyl (C=O) groups is 1. The maximum atomic E-state index is 13.6. The summed E-state index contributed by atoms with van der Waals surface area (Å²) < 4.78 is 13.6. The van der Waals surface area contributed by atoms with Gasteiger partial charge in [0.2, 0.25) is 0 Å². The highest BCUT2D eigenvalue weighted by molar-refractivity contribution is 5.97. The summed E-state index contributed by atoms with van der Waals surface area (Å²) in [6, 6.07) is 11.1. The van der Waals surface area contributed by atoms with E-state index in [1.54, 1.807) is 19.1 Å². The lowest BCUT2D eigenvalue weighted by molar-refractivity contribution is 0.0978. The normalized spacial score (nSPS) is 11.2. The monoisotopic (exact) mass is 337 g/mol. The zero-order chi connectivity index (χ0) is 18.0. The van der Waals surface area contributed by atoms with Crippen molar-refractivity contribution in [3.63, 3.8) is 0 Å². The molecule has 3 aromatic rings. The number of aromatic nitrogens is 1. The van der Waals surface area contributed by atoms with E-state index in [0.29, 0.717) is 17.5 Å². The molecule has 0 bridgehead atoms. The number of halogens is 1. The van der Waals surface area contributed by atoms with Crippen LogP contribution in [-0.4, -0.2) is 10.8 Å². The zero-order valence-corrected chi connectivity index (χ0v) is 15.1. The third-order valence-electron chi connectivity index (χ3n) is 5.01. The smallest absolute Gasteiger partial charge is 0.163 e. The minimum atomic E-state index is -0.310. The molecule has 0 aliphatic carbocycles. The minimum absolute atomic E-state index is 0.0310. The van der Waals surface area contributed by atoms with Gasteiger partial charge in [0.05, 0.1) is 0 Å². The average molecular weight is 337 g/mol. The van der Waals surface area contributed by atoms with E-state index in [-0.39, 0.29) is 11.6 Å². The molecule has 0 atom stereocenters. The Bertz CT molecular complexity index is 923. The number of rotatable bonds is 6. The molecule has 0 saturated heterocycles. The lowest BCUT2D eigenvalue weighted by Gasteiger charge is -2.06. The summed E-state index contributed by atoms with van der Waals surface area (Å²) in [5.74, 6) is -0.279. The molecule has 3 heteroatoms. The molecule has 3 rings (SSSR count). The highest BCUT2D eigenvalue weighted by Gasteiger charge is 2.13. The number of aromatic amines is 1. The number of hydrogen-bond acceptors (Lipinski definition) is 1. The molecule has 0 spiro atoms. The van der Waals surface area contributed by atoms with E-state index < -0.39 is 0 Å². The molecule has 25 heavy (non-hydrogen) atoms. The summed E-state index contributed by atoms with van der Waals surface area (Å²) in [6.07, 6.45) is 3.17. The molecule has 0 amide bonds. The SMILES string of the molecule is Cc1[nH]c2c(C)cccc2c1CCCCC(=O)c1cccc(F)c1C. The van der Waals surface area contributed by atoms with Crippen LogP contribution in [0.3, 0.4) is 0 Å². The van der Waals surface area contributed by atoms with Crippen molar-refractivity contribution in [2.45, 2.75) is 46.5 Å². The Morgan fingerprint density at radius 3 is 2.60 bits per heavy atom. The third-order valence-corrected chi connectivity index (χ3v) is 5.01. The molecule has 1 N–H and O–H groups in total. The predicted octanol–water partition coefficient (Wildman–Crippen LogP) is 5.83. The number of para-hydroxylation sites is 1. The largest absolute Gasteiger partial charge is 0.358 e. The maximum absolute atomic E-state index is 13.6. The molecule has 0 unspecified atom stereocenters. The first-order valence-electron chi connectivity index (χ1n) is 8.84. The Labute approximate surface area is 148 Å². The van der Waals surface area contributed by atoms with Gasteiger partial charge in [-0.2, -0.15) is 0 Å². The van der Waals surface area contributed by atoms with E-state index in [4.69, 9.17) is 0 Å². The molecule has 1 heterocycles. The molecule has 1 aromatic heterocycles. The lowest BCUT2D eigenvalue weighted by atomic mass is 9.98. The number of unbranched alkanes of at least 4 members (excludes halogenated alkanes) is 1. The highest BCUT2D eigenvalue weighted by Crippen LogP contribution is 2.26. The van der Waals surface area contributed by atoms with Crippen molar-refractivity contribution in [3.05, 3.63) is 70.2 Å². The van der Waals surface area contributed by atoms with Crippen molar-refractivity contribution in [2.75, 3.05) is 0 Å². The highest BCUT2D eigenvalue weighted by atomic mass is 19.1. The fourth-order valence-corrected chi connectivity index (χ4v) is 3.50. The van der Waals surface area contributed by atoms with Crippen LogP contribution in [0.1, 0.15) is 52.0 Å². The Kier molecular flexibility index (Phi) is 5.03. The summed E-state index contributed by atoms with van der Waals surface area (Å²) in [4.78, 5) is 15.8. The molecule has 0 aliphatic heterocycles. The molecule has 0 saturated carbocycles. The Hall–Kier alpha value is -2.42. The summed E-state index contributed by atoms with van der Waals surface area (Å²) in [5, 5.41) is 1.28. The van der Waals surface area contributed by atoms with Crippen LogP contribution in [0.4, 0.5) is 4.39 Å². The van der Waals surface area contributed by atoms with Crippen molar-refractivity contribution in [1.29, 1.82) is 0 Å². The lowest BCUT2D eigenvalue weighted by Crippen LogP contribution is -2.03. The van der Waals surface area contributed by atoms with Crippen LogP contribution in [0.25, 0.3) is 10.9 Å². The fourth-order valence-electron chi connectivity index (χ4n) is 3.50. The van der Waals surface area contributed by atoms with Gasteiger partial charge in [-0.25, -0.2) is 4.39 Å². The van der Waals surface area contributed by atoms with E-state index in [2.05, 4.69) is 37.0 Å². The van der Waals surface area contributed by atoms with E-state index in [0.717, 1.165) is 19.3 Å². The van der Waals surface area contributed by atoms with Crippen LogP contribution >= 0.6 is 0 Å². The van der Waals surface area contributed by atoms with Crippen LogP contribution in [-0.2, 0) is 6.42 Å². The van der Waals surface area contributed by atoms with E-state index in [9.17, 15) is 9.18 Å². The number of carbonyl (C=O) groups excluding carboxylic acids is 1. The van der Waals surface area contributed by atoms with Gasteiger partial charge in [-0.1, -0.05) is 30.3 Å². The van der Waals surface area contributed by atoms with Gasteiger partial charge in [0.25, 0.3) is 0 Å². The number of nitrogens with one attached hydrogen (secondary N) is 1. The molecule has 0 fully saturated rings. The summed E-state index contributed by atoms with van der Waals surface area (Å²) in [5.41, 5.74) is 5.98. The molecule has 0 radical (unpaired) electrons. The van der Waals surface area contributed by atoms with Gasteiger partial charge in [-0.3, -0.25) is 4.79 Å². The van der Waals surface area contributed by atoms with Crippen molar-refractivity contribution in [1.82, 2.24) is 4.98 Å². The average Bonchev–Trinajstić information content (AvgIpc) is 2.91. The standard InChI is InChI=1S/C22H24FNO/c1-14-8-6-11-19-18(16(3)24-22(14)19)9-4-5-13-21(25)17-10-7-12-20(23)15(17)2/h6-8,10-12,24H,4-5,9,13H2,1-3H3. The molecule has 2 nitrogen and oxygen atoms in total. The van der Waals surface area contributed by atoms with Crippen molar-refractivity contribution >= 4 is 16.7 Å². The van der Waals surface area contributed by atoms with Crippen LogP contribution in [0, 0.1) is 26.6 Å². The number of Topliss-reactive ketones (excluding diaryl/α,β-unsaturated/α-hetero) is 1. The van der Waals surface area contributed by atoms with Crippen LogP contribution in [0.15, 0.2) is 36.4 Å². The predicted molar refractivity (Wildman–Crippen MR) is 101 cm³/mol. The number of benzene rings is 2. The molecule has 2 aromatic carbocycles. The van der Waals surface area contributed by atoms with E-state index in [1.807, 2.05) is 0 Å². The molecular weight excluding hydrogens is 313 g/mol. The molecular formula is C22H24FNO. The van der Waals surface area contributed by atoms with Crippen molar-refractivity contribution in [3.8, 4) is 0 Å². The fraction of sp³-hybridized carbons (Fsp3) is 0.318. The number of aryl methyl sites for hydroxylation is 3. The minimum Gasteiger partial charge on any atom is -0.358 e. The van der Waals surface area contributed by atoms with Crippen LogP contribution in [0.2, 0.25) is 0 Å². The second kappa shape index (κ2) is 7.22. The van der Waals surface area contributed by atoms with Gasteiger partial charge < -0.3 is 4.98 Å². The first-order chi connectivity index (χ1) is 12.0. The summed E-state index contributed by atoms with van der Waals surface area (Å²) >= 11 is 0. The molecule has 0 aliphatic rings. The summed E-state index contributed by atoms with van der Waals surface area (Å²) in [7, 11) is 0. The second-order valence-corrected chi connectivity index (χ2v) is 6.77.